The summed E-state index contributed by atoms with van der Waals surface area (Å²) in [6.07, 6.45) is 0. The number of nitrogens with one attached hydrogen (secondary N) is 1. The molecule has 2 amide bonds. The van der Waals surface area contributed by atoms with Crippen molar-refractivity contribution in [3.8, 4) is 0 Å². The van der Waals surface area contributed by atoms with Crippen LogP contribution in [0, 0.1) is 13.8 Å². The lowest BCUT2D eigenvalue weighted by Gasteiger charge is -2.34. The second kappa shape index (κ2) is 8.39. The van der Waals surface area contributed by atoms with Crippen molar-refractivity contribution in [1.82, 2.24) is 19.7 Å². The average molecular weight is 368 g/mol. The van der Waals surface area contributed by atoms with Crippen LogP contribution in [0.1, 0.15) is 22.4 Å². The van der Waals surface area contributed by atoms with Gasteiger partial charge in [-0.2, -0.15) is 0 Å². The van der Waals surface area contributed by atoms with Gasteiger partial charge < -0.3 is 14.8 Å². The summed E-state index contributed by atoms with van der Waals surface area (Å²) in [5.74, 6) is 0. The van der Waals surface area contributed by atoms with Crippen molar-refractivity contribution in [2.45, 2.75) is 26.9 Å². The number of hydrogen-bond acceptors (Lipinski definition) is 3. The maximum atomic E-state index is 12.4. The lowest BCUT2D eigenvalue weighted by molar-refractivity contribution is 0.135. The van der Waals surface area contributed by atoms with E-state index in [0.717, 1.165) is 25.3 Å². The second-order valence-electron chi connectivity index (χ2n) is 7.28. The van der Waals surface area contributed by atoms with E-state index in [-0.39, 0.29) is 18.1 Å². The Balaban J connectivity index is 1.49. The number of aromatic nitrogens is 1. The minimum Gasteiger partial charge on any atom is -0.334 e. The molecule has 0 bridgehead atoms. The Morgan fingerprint density at radius 3 is 2.52 bits per heavy atom. The number of aryl methyl sites for hydroxylation is 2. The number of benzene rings is 1. The fraction of sp³-hybridized carbons (Fsp3) is 0.429. The molecule has 2 heterocycles. The van der Waals surface area contributed by atoms with E-state index in [1.807, 2.05) is 17.9 Å². The molecule has 27 heavy (non-hydrogen) atoms. The van der Waals surface area contributed by atoms with E-state index in [1.54, 1.807) is 17.7 Å². The highest BCUT2D eigenvalue weighted by Crippen LogP contribution is 2.10. The van der Waals surface area contributed by atoms with Gasteiger partial charge in [-0.1, -0.05) is 35.9 Å². The van der Waals surface area contributed by atoms with Crippen LogP contribution in [0.3, 0.4) is 0 Å². The molecule has 3 rings (SSSR count). The summed E-state index contributed by atoms with van der Waals surface area (Å²) in [7, 11) is 1.75. The van der Waals surface area contributed by atoms with Crippen molar-refractivity contribution in [3.05, 3.63) is 69.1 Å². The molecule has 0 aliphatic carbocycles. The first-order chi connectivity index (χ1) is 12.9. The predicted molar refractivity (Wildman–Crippen MR) is 107 cm³/mol. The minimum absolute atomic E-state index is 0.0572. The van der Waals surface area contributed by atoms with Crippen molar-refractivity contribution in [1.29, 1.82) is 0 Å². The number of carbonyl (C=O) groups is 1. The molecule has 1 aliphatic heterocycles. The number of carbonyl (C=O) groups excluding carboxylic acids is 1. The van der Waals surface area contributed by atoms with E-state index in [1.165, 1.54) is 11.1 Å². The van der Waals surface area contributed by atoms with Crippen LogP contribution >= 0.6 is 0 Å². The van der Waals surface area contributed by atoms with Crippen LogP contribution in [-0.4, -0.2) is 46.6 Å². The Labute approximate surface area is 160 Å². The van der Waals surface area contributed by atoms with Gasteiger partial charge in [-0.25, -0.2) is 4.79 Å². The molecule has 1 aromatic heterocycles. The molecule has 0 saturated carbocycles. The first-order valence-corrected chi connectivity index (χ1v) is 9.40. The third-order valence-corrected chi connectivity index (χ3v) is 5.21. The van der Waals surface area contributed by atoms with E-state index in [9.17, 15) is 9.59 Å². The standard InChI is InChI=1S/C21H28N4O2/c1-16-5-4-6-18(13-16)15-24-9-11-25(12-10-24)21(27)22-14-19-8-7-17(2)23(3)20(19)26/h4-8,13H,9-12,14-15H2,1-3H3,(H,22,27). The highest BCUT2D eigenvalue weighted by atomic mass is 16.2. The third-order valence-electron chi connectivity index (χ3n) is 5.21. The molecular weight excluding hydrogens is 340 g/mol. The average Bonchev–Trinajstić information content (AvgIpc) is 2.66. The zero-order valence-corrected chi connectivity index (χ0v) is 16.4. The number of nitrogens with zero attached hydrogens (tertiary/aromatic N) is 3. The van der Waals surface area contributed by atoms with Gasteiger partial charge >= 0.3 is 6.03 Å². The predicted octanol–water partition coefficient (Wildman–Crippen LogP) is 2.03. The van der Waals surface area contributed by atoms with Crippen molar-refractivity contribution in [2.24, 2.45) is 7.05 Å². The summed E-state index contributed by atoms with van der Waals surface area (Å²) in [5, 5.41) is 2.88. The number of piperazine rings is 1. The van der Waals surface area contributed by atoms with Gasteiger partial charge in [0.15, 0.2) is 0 Å². The highest BCUT2D eigenvalue weighted by molar-refractivity contribution is 5.74. The van der Waals surface area contributed by atoms with Crippen LogP contribution in [0.25, 0.3) is 0 Å². The molecule has 6 heteroatoms. The van der Waals surface area contributed by atoms with Crippen molar-refractivity contribution in [3.63, 3.8) is 0 Å². The number of pyridine rings is 1. The number of hydrogen-bond donors (Lipinski definition) is 1. The first kappa shape index (κ1) is 19.2. The lowest BCUT2D eigenvalue weighted by Crippen LogP contribution is -2.51. The summed E-state index contributed by atoms with van der Waals surface area (Å²) in [4.78, 5) is 28.8. The van der Waals surface area contributed by atoms with Gasteiger partial charge in [0.2, 0.25) is 0 Å². The summed E-state index contributed by atoms with van der Waals surface area (Å²) in [6.45, 7) is 8.27. The topological polar surface area (TPSA) is 57.6 Å². The van der Waals surface area contributed by atoms with Crippen LogP contribution in [0.4, 0.5) is 4.79 Å². The van der Waals surface area contributed by atoms with Gasteiger partial charge in [0.05, 0.1) is 0 Å². The van der Waals surface area contributed by atoms with Gasteiger partial charge in [0.25, 0.3) is 5.56 Å². The van der Waals surface area contributed by atoms with E-state index in [0.29, 0.717) is 18.7 Å². The van der Waals surface area contributed by atoms with E-state index in [4.69, 9.17) is 0 Å². The maximum Gasteiger partial charge on any atom is 0.317 e. The van der Waals surface area contributed by atoms with Crippen LogP contribution in [-0.2, 0) is 20.1 Å². The molecular formula is C21H28N4O2. The number of rotatable bonds is 4. The molecule has 1 fully saturated rings. The molecule has 2 aromatic rings. The van der Waals surface area contributed by atoms with E-state index in [2.05, 4.69) is 41.4 Å². The quantitative estimate of drug-likeness (QED) is 0.898. The molecule has 0 spiro atoms. The van der Waals surface area contributed by atoms with Gasteiger partial charge in [0.1, 0.15) is 0 Å². The Kier molecular flexibility index (Phi) is 5.96. The van der Waals surface area contributed by atoms with Gasteiger partial charge in [-0.05, 0) is 25.5 Å². The van der Waals surface area contributed by atoms with E-state index < -0.39 is 0 Å². The highest BCUT2D eigenvalue weighted by Gasteiger charge is 2.21. The third kappa shape index (κ3) is 4.77. The molecule has 0 atom stereocenters. The number of amides is 2. The zero-order valence-electron chi connectivity index (χ0n) is 16.4. The Morgan fingerprint density at radius 1 is 1.07 bits per heavy atom. The monoisotopic (exact) mass is 368 g/mol. The Hall–Kier alpha value is -2.60. The fourth-order valence-corrected chi connectivity index (χ4v) is 3.37. The summed E-state index contributed by atoms with van der Waals surface area (Å²) < 4.78 is 1.60. The largest absolute Gasteiger partial charge is 0.334 e. The zero-order chi connectivity index (χ0) is 19.4. The fourth-order valence-electron chi connectivity index (χ4n) is 3.37. The van der Waals surface area contributed by atoms with Gasteiger partial charge in [0, 0.05) is 57.6 Å². The summed E-state index contributed by atoms with van der Waals surface area (Å²) in [5.41, 5.74) is 4.03. The molecule has 0 radical (unpaired) electrons. The molecule has 6 nitrogen and oxygen atoms in total. The SMILES string of the molecule is Cc1cccc(CN2CCN(C(=O)NCc3ccc(C)n(C)c3=O)CC2)c1. The maximum absolute atomic E-state index is 12.4. The van der Waals surface area contributed by atoms with Crippen molar-refractivity contribution >= 4 is 6.03 Å². The van der Waals surface area contributed by atoms with E-state index >= 15 is 0 Å². The summed E-state index contributed by atoms with van der Waals surface area (Å²) in [6, 6.07) is 12.1. The van der Waals surface area contributed by atoms with Crippen LogP contribution in [0.2, 0.25) is 0 Å². The van der Waals surface area contributed by atoms with Gasteiger partial charge in [-0.15, -0.1) is 0 Å². The Morgan fingerprint density at radius 2 is 1.81 bits per heavy atom. The van der Waals surface area contributed by atoms with Crippen molar-refractivity contribution in [2.75, 3.05) is 26.2 Å². The normalized spacial score (nSPS) is 15.0. The van der Waals surface area contributed by atoms with Crippen molar-refractivity contribution < 1.29 is 4.79 Å². The smallest absolute Gasteiger partial charge is 0.317 e. The molecule has 0 unspecified atom stereocenters. The second-order valence-corrected chi connectivity index (χ2v) is 7.28. The summed E-state index contributed by atoms with van der Waals surface area (Å²) >= 11 is 0. The van der Waals surface area contributed by atoms with Crippen LogP contribution in [0.5, 0.6) is 0 Å². The van der Waals surface area contributed by atoms with Crippen LogP contribution < -0.4 is 10.9 Å². The minimum atomic E-state index is -0.104. The molecule has 1 aromatic carbocycles. The first-order valence-electron chi connectivity index (χ1n) is 9.40. The molecule has 1 saturated heterocycles. The van der Waals surface area contributed by atoms with Crippen LogP contribution in [0.15, 0.2) is 41.2 Å². The lowest BCUT2D eigenvalue weighted by atomic mass is 10.1. The molecule has 1 aliphatic rings. The Bertz CT molecular complexity index is 867. The van der Waals surface area contributed by atoms with Gasteiger partial charge in [-0.3, -0.25) is 9.69 Å². The molecule has 1 N–H and O–H groups in total. The number of urea groups is 1. The molecule has 144 valence electrons.